The maximum absolute atomic E-state index is 11.4. The van der Waals surface area contributed by atoms with Crippen molar-refractivity contribution in [1.29, 1.82) is 0 Å². The Bertz CT molecular complexity index is 522. The maximum Gasteiger partial charge on any atom is 0.419 e. The fourth-order valence-corrected chi connectivity index (χ4v) is 1.85. The molecule has 0 atom stereocenters. The molecule has 0 amide bonds. The number of nitrogens with zero attached hydrogens (tertiary/aromatic N) is 1. The Labute approximate surface area is 88.3 Å². The van der Waals surface area contributed by atoms with Crippen molar-refractivity contribution < 1.29 is 4.42 Å². The molecule has 0 saturated heterocycles. The van der Waals surface area contributed by atoms with Gasteiger partial charge in [-0.1, -0.05) is 25.5 Å². The predicted octanol–water partition coefficient (Wildman–Crippen LogP) is 2.47. The molecule has 0 aliphatic carbocycles. The lowest BCUT2D eigenvalue weighted by atomic mass is 10.1. The summed E-state index contributed by atoms with van der Waals surface area (Å²) < 4.78 is 6.71. The standard InChI is InChI=1S/C12H15NO2/c1-3-4-6-9-7-5-8-10-11(9)13(2)12(14)15-10/h5,7-8H,3-4,6H2,1-2H3. The lowest BCUT2D eigenvalue weighted by Crippen LogP contribution is -2.09. The first-order valence-electron chi connectivity index (χ1n) is 5.31. The minimum absolute atomic E-state index is 0.283. The van der Waals surface area contributed by atoms with E-state index in [0.717, 1.165) is 24.8 Å². The van der Waals surface area contributed by atoms with Gasteiger partial charge in [-0.25, -0.2) is 4.79 Å². The highest BCUT2D eigenvalue weighted by Gasteiger charge is 2.09. The Morgan fingerprint density at radius 3 is 2.93 bits per heavy atom. The highest BCUT2D eigenvalue weighted by atomic mass is 16.4. The molecule has 3 nitrogen and oxygen atoms in total. The first kappa shape index (κ1) is 10.0. The Morgan fingerprint density at radius 1 is 1.40 bits per heavy atom. The summed E-state index contributed by atoms with van der Waals surface area (Å²) in [6.45, 7) is 2.16. The van der Waals surface area contributed by atoms with Gasteiger partial charge >= 0.3 is 5.76 Å². The van der Waals surface area contributed by atoms with Crippen molar-refractivity contribution in [1.82, 2.24) is 4.57 Å². The second-order valence-electron chi connectivity index (χ2n) is 3.79. The van der Waals surface area contributed by atoms with E-state index in [0.29, 0.717) is 5.58 Å². The molecule has 0 spiro atoms. The molecule has 1 aromatic carbocycles. The van der Waals surface area contributed by atoms with Crippen LogP contribution >= 0.6 is 0 Å². The third-order valence-corrected chi connectivity index (χ3v) is 2.69. The van der Waals surface area contributed by atoms with E-state index in [1.54, 1.807) is 11.6 Å². The van der Waals surface area contributed by atoms with Gasteiger partial charge in [-0.3, -0.25) is 4.57 Å². The number of hydrogen-bond acceptors (Lipinski definition) is 2. The van der Waals surface area contributed by atoms with Crippen LogP contribution in [0.4, 0.5) is 0 Å². The molecule has 0 N–H and O–H groups in total. The Kier molecular flexibility index (Phi) is 2.62. The molecule has 0 aliphatic heterocycles. The zero-order chi connectivity index (χ0) is 10.8. The highest BCUT2D eigenvalue weighted by Crippen LogP contribution is 2.18. The van der Waals surface area contributed by atoms with E-state index in [2.05, 4.69) is 13.0 Å². The molecule has 0 unspecified atom stereocenters. The monoisotopic (exact) mass is 205 g/mol. The van der Waals surface area contributed by atoms with Crippen LogP contribution in [0.25, 0.3) is 11.1 Å². The fourth-order valence-electron chi connectivity index (χ4n) is 1.85. The largest absolute Gasteiger partial charge is 0.419 e. The van der Waals surface area contributed by atoms with Gasteiger partial charge in [0.05, 0.1) is 5.52 Å². The van der Waals surface area contributed by atoms with Crippen molar-refractivity contribution in [3.05, 3.63) is 34.3 Å². The molecule has 0 bridgehead atoms. The third-order valence-electron chi connectivity index (χ3n) is 2.69. The van der Waals surface area contributed by atoms with Gasteiger partial charge in [0.25, 0.3) is 0 Å². The second kappa shape index (κ2) is 3.93. The molecular weight excluding hydrogens is 190 g/mol. The van der Waals surface area contributed by atoms with Gasteiger partial charge in [0, 0.05) is 7.05 Å². The summed E-state index contributed by atoms with van der Waals surface area (Å²) in [7, 11) is 1.75. The molecule has 0 aliphatic rings. The van der Waals surface area contributed by atoms with E-state index in [1.165, 1.54) is 5.56 Å². The number of rotatable bonds is 3. The van der Waals surface area contributed by atoms with Crippen molar-refractivity contribution in [3.8, 4) is 0 Å². The van der Waals surface area contributed by atoms with E-state index < -0.39 is 0 Å². The topological polar surface area (TPSA) is 35.1 Å². The number of unbranched alkanes of at least 4 members (excludes halogenated alkanes) is 1. The van der Waals surface area contributed by atoms with Crippen LogP contribution < -0.4 is 5.76 Å². The molecule has 2 aromatic rings. The number of para-hydroxylation sites is 1. The van der Waals surface area contributed by atoms with Crippen molar-refractivity contribution in [2.24, 2.45) is 7.05 Å². The van der Waals surface area contributed by atoms with Crippen LogP contribution in [0.1, 0.15) is 25.3 Å². The number of aromatic nitrogens is 1. The zero-order valence-corrected chi connectivity index (χ0v) is 9.12. The normalized spacial score (nSPS) is 11.1. The molecule has 0 radical (unpaired) electrons. The fraction of sp³-hybridized carbons (Fsp3) is 0.417. The van der Waals surface area contributed by atoms with Gasteiger partial charge in [0.2, 0.25) is 0 Å². The quantitative estimate of drug-likeness (QED) is 0.771. The van der Waals surface area contributed by atoms with Crippen molar-refractivity contribution in [2.75, 3.05) is 0 Å². The smallest absolute Gasteiger partial charge is 0.408 e. The van der Waals surface area contributed by atoms with Crippen LogP contribution in [0.2, 0.25) is 0 Å². The summed E-state index contributed by atoms with van der Waals surface area (Å²) in [6.07, 6.45) is 3.29. The number of fused-ring (bicyclic) bond motifs is 1. The molecule has 80 valence electrons. The minimum atomic E-state index is -0.283. The molecule has 1 aromatic heterocycles. The summed E-state index contributed by atoms with van der Waals surface area (Å²) in [4.78, 5) is 11.4. The van der Waals surface area contributed by atoms with Crippen LogP contribution in [0, 0.1) is 0 Å². The molecule has 2 rings (SSSR count). The van der Waals surface area contributed by atoms with E-state index in [-0.39, 0.29) is 5.76 Å². The second-order valence-corrected chi connectivity index (χ2v) is 3.79. The minimum Gasteiger partial charge on any atom is -0.408 e. The van der Waals surface area contributed by atoms with Crippen LogP contribution in [0.15, 0.2) is 27.4 Å². The summed E-state index contributed by atoms with van der Waals surface area (Å²) in [5, 5.41) is 0. The summed E-state index contributed by atoms with van der Waals surface area (Å²) in [6, 6.07) is 5.84. The summed E-state index contributed by atoms with van der Waals surface area (Å²) in [5.41, 5.74) is 2.83. The summed E-state index contributed by atoms with van der Waals surface area (Å²) >= 11 is 0. The van der Waals surface area contributed by atoms with E-state index in [9.17, 15) is 4.79 Å². The molecule has 15 heavy (non-hydrogen) atoms. The van der Waals surface area contributed by atoms with E-state index >= 15 is 0 Å². The first-order valence-corrected chi connectivity index (χ1v) is 5.31. The molecule has 1 heterocycles. The van der Waals surface area contributed by atoms with Crippen molar-refractivity contribution in [2.45, 2.75) is 26.2 Å². The lowest BCUT2D eigenvalue weighted by Gasteiger charge is -2.02. The highest BCUT2D eigenvalue weighted by molar-refractivity contribution is 5.76. The van der Waals surface area contributed by atoms with Gasteiger partial charge in [-0.15, -0.1) is 0 Å². The van der Waals surface area contributed by atoms with Crippen molar-refractivity contribution in [3.63, 3.8) is 0 Å². The van der Waals surface area contributed by atoms with Gasteiger partial charge in [-0.05, 0) is 24.5 Å². The van der Waals surface area contributed by atoms with Crippen LogP contribution in [0.5, 0.6) is 0 Å². The number of aryl methyl sites for hydroxylation is 2. The molecule has 0 fully saturated rings. The van der Waals surface area contributed by atoms with Crippen LogP contribution in [-0.2, 0) is 13.5 Å². The number of benzene rings is 1. The Morgan fingerprint density at radius 2 is 2.20 bits per heavy atom. The lowest BCUT2D eigenvalue weighted by molar-refractivity contribution is 0.528. The van der Waals surface area contributed by atoms with E-state index in [4.69, 9.17) is 4.42 Å². The Balaban J connectivity index is 2.58. The number of hydrogen-bond donors (Lipinski definition) is 0. The number of oxazole rings is 1. The third kappa shape index (κ3) is 1.69. The van der Waals surface area contributed by atoms with E-state index in [1.807, 2.05) is 12.1 Å². The Hall–Kier alpha value is -1.51. The van der Waals surface area contributed by atoms with Crippen molar-refractivity contribution >= 4 is 11.1 Å². The summed E-state index contributed by atoms with van der Waals surface area (Å²) in [5.74, 6) is -0.283. The molecular formula is C12H15NO2. The average Bonchev–Trinajstić information content (AvgIpc) is 2.53. The van der Waals surface area contributed by atoms with Gasteiger partial charge in [0.1, 0.15) is 0 Å². The van der Waals surface area contributed by atoms with Gasteiger partial charge in [-0.2, -0.15) is 0 Å². The maximum atomic E-state index is 11.4. The molecule has 0 saturated carbocycles. The first-order chi connectivity index (χ1) is 7.24. The van der Waals surface area contributed by atoms with Gasteiger partial charge < -0.3 is 4.42 Å². The zero-order valence-electron chi connectivity index (χ0n) is 9.12. The van der Waals surface area contributed by atoms with Gasteiger partial charge in [0.15, 0.2) is 5.58 Å². The SMILES string of the molecule is CCCCc1cccc2oc(=O)n(C)c12. The van der Waals surface area contributed by atoms with Crippen LogP contribution in [-0.4, -0.2) is 4.57 Å². The predicted molar refractivity (Wildman–Crippen MR) is 60.1 cm³/mol. The molecule has 3 heteroatoms. The average molecular weight is 205 g/mol. The van der Waals surface area contributed by atoms with Crippen LogP contribution in [0.3, 0.4) is 0 Å².